The highest BCUT2D eigenvalue weighted by Gasteiger charge is 2.76. The standard InChI is InChI=1S/C9H27Br5Si6/c1-15(2,3)20(16(4,5)6,17(7,8)9)19(13,14)18(10,11)12/h1-9H3. The van der Waals surface area contributed by atoms with Crippen molar-refractivity contribution >= 4 is 113 Å². The zero-order chi connectivity index (χ0) is 17.0. The van der Waals surface area contributed by atoms with E-state index in [1.165, 1.54) is 0 Å². The molecular weight excluding hydrogens is 676 g/mol. The summed E-state index contributed by atoms with van der Waals surface area (Å²) in [5.74, 6) is 0. The molecule has 122 valence electrons. The van der Waals surface area contributed by atoms with Crippen LogP contribution in [0.4, 0.5) is 0 Å². The van der Waals surface area contributed by atoms with E-state index in [-0.39, 0.29) is 0 Å². The topological polar surface area (TPSA) is 0 Å². The molecule has 0 nitrogen and oxygen atoms in total. The lowest BCUT2D eigenvalue weighted by Gasteiger charge is -2.63. The normalized spacial score (nSPS) is 16.5. The van der Waals surface area contributed by atoms with Crippen LogP contribution in [0.3, 0.4) is 0 Å². The van der Waals surface area contributed by atoms with Gasteiger partial charge >= 0.3 is 0 Å². The summed E-state index contributed by atoms with van der Waals surface area (Å²) >= 11 is 20.9. The first kappa shape index (κ1) is 23.7. The molecule has 20 heavy (non-hydrogen) atoms. The largest absolute Gasteiger partial charge is 0.275 e. The molecule has 0 unspecified atom stereocenters. The molecule has 0 saturated carbocycles. The summed E-state index contributed by atoms with van der Waals surface area (Å²) < 4.78 is -3.53. The van der Waals surface area contributed by atoms with Gasteiger partial charge in [-0.15, -0.1) is 30.6 Å². The molecule has 0 radical (unpaired) electrons. The third-order valence-corrected chi connectivity index (χ3v) is 218. The molecule has 0 amide bonds. The molecule has 0 bridgehead atoms. The number of halogens is 5. The highest BCUT2D eigenvalue weighted by molar-refractivity contribution is 9.82. The summed E-state index contributed by atoms with van der Waals surface area (Å²) in [7, 11) is -3.83. The second-order valence-electron chi connectivity index (χ2n) is 8.57. The highest BCUT2D eigenvalue weighted by Crippen LogP contribution is 2.56. The van der Waals surface area contributed by atoms with Crippen LogP contribution in [0.2, 0.25) is 58.9 Å². The van der Waals surface area contributed by atoms with E-state index in [1.807, 2.05) is 0 Å². The highest BCUT2D eigenvalue weighted by atomic mass is 80.0. The average Bonchev–Trinajstić information content (AvgIpc) is 1.89. The molecule has 0 aliphatic rings. The zero-order valence-electron chi connectivity index (χ0n) is 13.9. The lowest BCUT2D eigenvalue weighted by molar-refractivity contribution is 1.76. The molecule has 0 saturated heterocycles. The van der Waals surface area contributed by atoms with Crippen LogP contribution in [0.15, 0.2) is 0 Å². The van der Waals surface area contributed by atoms with Crippen LogP contribution in [0, 0.1) is 0 Å². The smallest absolute Gasteiger partial charge is 0.116 e. The fourth-order valence-corrected chi connectivity index (χ4v) is 345. The van der Waals surface area contributed by atoms with Gasteiger partial charge in [-0.2, -0.15) is 0 Å². The van der Waals surface area contributed by atoms with E-state index >= 15 is 0 Å². The quantitative estimate of drug-likeness (QED) is 0.210. The summed E-state index contributed by atoms with van der Waals surface area (Å²) in [6.07, 6.45) is -1.45. The molecule has 0 heterocycles. The van der Waals surface area contributed by atoms with Gasteiger partial charge in [0.2, 0.25) is 4.35 Å². The van der Waals surface area contributed by atoms with Crippen molar-refractivity contribution in [2.24, 2.45) is 0 Å². The summed E-state index contributed by atoms with van der Waals surface area (Å²) in [5, 5.41) is 0. The molecule has 0 rings (SSSR count). The van der Waals surface area contributed by atoms with Crippen molar-refractivity contribution in [3.05, 3.63) is 0 Å². The minimum absolute atomic E-state index is 1.28. The SMILES string of the molecule is C[Si](C)(C)[Si]([Si](C)(C)C)([Si](C)(C)C)[Si](Br)(Br)[Si](Br)(Br)Br. The Balaban J connectivity index is 6.83. The summed E-state index contributed by atoms with van der Waals surface area (Å²) in [6.45, 7) is 23.8. The van der Waals surface area contributed by atoms with Gasteiger partial charge in [0, 0.05) is 22.8 Å². The molecule has 0 N–H and O–H groups in total. The van der Waals surface area contributed by atoms with Crippen LogP contribution in [-0.4, -0.2) is 36.7 Å². The first-order valence-corrected chi connectivity index (χ1v) is 39.5. The maximum Gasteiger partial charge on any atom is 0.275 e. The Labute approximate surface area is 169 Å². The van der Waals surface area contributed by atoms with Gasteiger partial charge in [-0.25, -0.2) is 0 Å². The molecule has 11 heteroatoms. The lowest BCUT2D eigenvalue weighted by atomic mass is 11.8. The first-order valence-electron chi connectivity index (χ1n) is 6.69. The zero-order valence-corrected chi connectivity index (χ0v) is 27.8. The Morgan fingerprint density at radius 1 is 0.450 bits per heavy atom. The number of rotatable bonds is 5. The second-order valence-corrected chi connectivity index (χ2v) is 111. The van der Waals surface area contributed by atoms with Gasteiger partial charge < -0.3 is 0 Å². The van der Waals surface area contributed by atoms with Gasteiger partial charge in [0.25, 0.3) is 3.45 Å². The molecule has 0 atom stereocenters. The first-order chi connectivity index (χ1) is 8.25. The fourth-order valence-electron chi connectivity index (χ4n) is 5.00. The van der Waals surface area contributed by atoms with Gasteiger partial charge in [0.05, 0.1) is 6.14 Å². The Kier molecular flexibility index (Phi) is 8.04. The molecule has 0 spiro atoms. The maximum absolute atomic E-state index is 4.38. The van der Waals surface area contributed by atoms with Crippen LogP contribution >= 0.6 is 76.5 Å². The van der Waals surface area contributed by atoms with Gasteiger partial charge in [-0.1, -0.05) is 105 Å². The van der Waals surface area contributed by atoms with Crippen LogP contribution in [-0.2, 0) is 0 Å². The van der Waals surface area contributed by atoms with Crippen LogP contribution < -0.4 is 0 Å². The van der Waals surface area contributed by atoms with Crippen molar-refractivity contribution in [1.82, 2.24) is 0 Å². The summed E-state index contributed by atoms with van der Waals surface area (Å²) in [6, 6.07) is 0. The van der Waals surface area contributed by atoms with Crippen molar-refractivity contribution in [2.45, 2.75) is 58.9 Å². The van der Waals surface area contributed by atoms with Crippen molar-refractivity contribution in [3.8, 4) is 0 Å². The molecule has 0 aliphatic carbocycles. The van der Waals surface area contributed by atoms with Crippen molar-refractivity contribution in [2.75, 3.05) is 0 Å². The Morgan fingerprint density at radius 3 is 0.700 bits per heavy atom. The van der Waals surface area contributed by atoms with Crippen LogP contribution in [0.1, 0.15) is 0 Å². The van der Waals surface area contributed by atoms with E-state index in [4.69, 9.17) is 0 Å². The van der Waals surface area contributed by atoms with Crippen LogP contribution in [0.5, 0.6) is 0 Å². The second kappa shape index (κ2) is 6.78. The third-order valence-electron chi connectivity index (χ3n) is 4.20. The van der Waals surface area contributed by atoms with E-state index in [0.29, 0.717) is 0 Å². The number of hydrogen-bond acceptors (Lipinski definition) is 0. The number of hydrogen-bond donors (Lipinski definition) is 0. The minimum Gasteiger partial charge on any atom is -0.116 e. The molecular formula is C9H27Br5Si6. The van der Waals surface area contributed by atoms with E-state index in [2.05, 4.69) is 135 Å². The average molecular weight is 703 g/mol. The van der Waals surface area contributed by atoms with E-state index < -0.39 is 36.7 Å². The van der Waals surface area contributed by atoms with E-state index in [9.17, 15) is 0 Å². The molecule has 0 aromatic heterocycles. The molecule has 0 aromatic carbocycles. The Hall–Kier alpha value is 3.70. The maximum atomic E-state index is 4.38. The molecule has 0 aromatic rings. The van der Waals surface area contributed by atoms with Crippen molar-refractivity contribution < 1.29 is 0 Å². The fraction of sp³-hybridized carbons (Fsp3) is 1.00. The Bertz CT molecular complexity index is 323. The summed E-state index contributed by atoms with van der Waals surface area (Å²) in [4.78, 5) is 0. The Morgan fingerprint density at radius 2 is 0.650 bits per heavy atom. The van der Waals surface area contributed by atoms with Gasteiger partial charge in [0.1, 0.15) is 0 Å². The van der Waals surface area contributed by atoms with E-state index in [0.717, 1.165) is 0 Å². The van der Waals surface area contributed by atoms with Crippen LogP contribution in [0.25, 0.3) is 0 Å². The van der Waals surface area contributed by atoms with E-state index in [1.54, 1.807) is 0 Å². The molecule has 0 aliphatic heterocycles. The van der Waals surface area contributed by atoms with Crippen molar-refractivity contribution in [3.63, 3.8) is 0 Å². The molecule has 0 fully saturated rings. The summed E-state index contributed by atoms with van der Waals surface area (Å²) in [5.41, 5.74) is 0. The third kappa shape index (κ3) is 3.92. The van der Waals surface area contributed by atoms with Gasteiger partial charge in [0.15, 0.2) is 0 Å². The monoisotopic (exact) mass is 698 g/mol. The van der Waals surface area contributed by atoms with Crippen molar-refractivity contribution in [1.29, 1.82) is 0 Å². The lowest BCUT2D eigenvalue weighted by Crippen LogP contribution is -2.93. The predicted octanol–water partition coefficient (Wildman–Crippen LogP) is 7.20. The van der Waals surface area contributed by atoms with Gasteiger partial charge in [-0.3, -0.25) is 0 Å². The minimum atomic E-state index is -1.77. The predicted molar refractivity (Wildman–Crippen MR) is 132 cm³/mol. The van der Waals surface area contributed by atoms with Gasteiger partial charge in [-0.05, 0) is 0 Å².